The fourth-order valence-electron chi connectivity index (χ4n) is 0.939. The van der Waals surface area contributed by atoms with Crippen molar-refractivity contribution < 1.29 is 10.6 Å². The topological polar surface area (TPSA) is 50.2 Å². The Kier molecular flexibility index (Phi) is 4.58. The van der Waals surface area contributed by atoms with Crippen LogP contribution >= 0.6 is 31.9 Å². The molecule has 0 radical (unpaired) electrons. The van der Waals surface area contributed by atoms with E-state index in [-0.39, 0.29) is 11.2 Å². The molecule has 2 N–H and O–H groups in total. The van der Waals surface area contributed by atoms with Crippen molar-refractivity contribution in [2.24, 2.45) is 0 Å². The molecule has 1 aromatic rings. The number of hydrogen-bond donors (Lipinski definition) is 1. The first kappa shape index (κ1) is 13.9. The second kappa shape index (κ2) is 4.61. The molecule has 14 heavy (non-hydrogen) atoms. The van der Waals surface area contributed by atoms with E-state index < -0.39 is 0 Å². The van der Waals surface area contributed by atoms with Crippen LogP contribution < -0.4 is 4.48 Å². The third kappa shape index (κ3) is 2.95. The molecule has 1 rings (SSSR count). The zero-order chi connectivity index (χ0) is 10.2. The lowest BCUT2D eigenvalue weighted by Crippen LogP contribution is -2.34. The lowest BCUT2D eigenvalue weighted by Gasteiger charge is -2.24. The number of phenols is 1. The molecule has 0 amide bonds. The molecule has 0 saturated carbocycles. The van der Waals surface area contributed by atoms with Gasteiger partial charge in [0.25, 0.3) is 0 Å². The Balaban J connectivity index is 0.00000169. The van der Waals surface area contributed by atoms with Crippen LogP contribution in [0.4, 0.5) is 5.69 Å². The number of phenolic OH excluding ortho intramolecular Hbond substituents is 1. The van der Waals surface area contributed by atoms with Gasteiger partial charge >= 0.3 is 0 Å². The molecule has 3 nitrogen and oxygen atoms in total. The Hall–Kier alpha value is -0.100. The maximum Gasteiger partial charge on any atom is 0.144 e. The van der Waals surface area contributed by atoms with Gasteiger partial charge in [-0.1, -0.05) is 0 Å². The first-order chi connectivity index (χ1) is 5.82. The normalized spacial score (nSPS) is 10.9. The summed E-state index contributed by atoms with van der Waals surface area (Å²) in [6.07, 6.45) is 0. The average Bonchev–Trinajstić information content (AvgIpc) is 1.97. The summed E-state index contributed by atoms with van der Waals surface area (Å²) >= 11 is 6.60. The summed E-state index contributed by atoms with van der Waals surface area (Å²) in [5, 5.41) is 9.50. The smallest absolute Gasteiger partial charge is 0.144 e. The molecule has 0 aliphatic rings. The summed E-state index contributed by atoms with van der Waals surface area (Å²) in [4.78, 5) is 0. The first-order valence-electron chi connectivity index (χ1n) is 3.82. The Morgan fingerprint density at radius 2 is 1.43 bits per heavy atom. The maximum atomic E-state index is 9.50. The maximum absolute atomic E-state index is 9.50. The van der Waals surface area contributed by atoms with Crippen molar-refractivity contribution in [3.63, 3.8) is 0 Å². The highest BCUT2D eigenvalue weighted by Gasteiger charge is 2.16. The highest BCUT2D eigenvalue weighted by atomic mass is 79.9. The van der Waals surface area contributed by atoms with Crippen LogP contribution in [-0.2, 0) is 0 Å². The molecule has 5 heteroatoms. The summed E-state index contributed by atoms with van der Waals surface area (Å²) in [5.41, 5.74) is 1.12. The molecule has 0 aliphatic carbocycles. The molecule has 0 aromatic heterocycles. The van der Waals surface area contributed by atoms with Crippen LogP contribution in [0.25, 0.3) is 0 Å². The lowest BCUT2D eigenvalue weighted by molar-refractivity contribution is 0.462. The zero-order valence-electron chi connectivity index (χ0n) is 8.25. The summed E-state index contributed by atoms with van der Waals surface area (Å²) in [5.74, 6) is 0.247. The van der Waals surface area contributed by atoms with Crippen molar-refractivity contribution in [2.75, 3.05) is 21.1 Å². The Morgan fingerprint density at radius 1 is 1.07 bits per heavy atom. The molecule has 0 aliphatic heterocycles. The SMILES string of the molecule is C[N+](C)(C)c1cc(Br)c(O)c(Br)c1.[OH-]. The summed E-state index contributed by atoms with van der Waals surface area (Å²) < 4.78 is 2.15. The van der Waals surface area contributed by atoms with E-state index in [1.165, 1.54) is 0 Å². The van der Waals surface area contributed by atoms with E-state index >= 15 is 0 Å². The van der Waals surface area contributed by atoms with E-state index in [1.54, 1.807) is 0 Å². The van der Waals surface area contributed by atoms with Crippen LogP contribution in [0.5, 0.6) is 5.75 Å². The highest BCUT2D eigenvalue weighted by Crippen LogP contribution is 2.36. The van der Waals surface area contributed by atoms with Gasteiger partial charge in [-0.05, 0) is 31.9 Å². The number of halogens is 2. The summed E-state index contributed by atoms with van der Waals surface area (Å²) in [7, 11) is 6.22. The number of hydrogen-bond acceptors (Lipinski definition) is 2. The van der Waals surface area contributed by atoms with E-state index in [0.29, 0.717) is 8.95 Å². The monoisotopic (exact) mass is 325 g/mol. The molecule has 0 bridgehead atoms. The van der Waals surface area contributed by atoms with Crippen molar-refractivity contribution in [1.82, 2.24) is 4.48 Å². The number of aromatic hydroxyl groups is 1. The third-order valence-corrected chi connectivity index (χ3v) is 2.99. The van der Waals surface area contributed by atoms with Crippen LogP contribution in [-0.4, -0.2) is 31.7 Å². The van der Waals surface area contributed by atoms with Crippen LogP contribution in [0, 0.1) is 0 Å². The summed E-state index contributed by atoms with van der Waals surface area (Å²) in [6, 6.07) is 3.83. The molecule has 1 aromatic carbocycles. The van der Waals surface area contributed by atoms with E-state index in [2.05, 4.69) is 53.0 Å². The van der Waals surface area contributed by atoms with Crippen molar-refractivity contribution >= 4 is 37.5 Å². The molecule has 80 valence electrons. The molecule has 0 heterocycles. The van der Waals surface area contributed by atoms with Crippen molar-refractivity contribution in [3.05, 3.63) is 21.1 Å². The second-order valence-corrected chi connectivity index (χ2v) is 5.48. The van der Waals surface area contributed by atoms with Gasteiger partial charge in [0.2, 0.25) is 0 Å². The minimum atomic E-state index is 0. The largest absolute Gasteiger partial charge is 0.870 e. The molecule has 0 fully saturated rings. The standard InChI is InChI=1S/C9H11Br2NO.H2O/c1-12(2,3)6-4-7(10)9(13)8(11)5-6;/h4-5H,1-3H3;1H2. The van der Waals surface area contributed by atoms with Gasteiger partial charge in [-0.25, -0.2) is 0 Å². The van der Waals surface area contributed by atoms with Gasteiger partial charge in [-0.3, -0.25) is 4.48 Å². The van der Waals surface area contributed by atoms with E-state index in [9.17, 15) is 5.11 Å². The van der Waals surface area contributed by atoms with E-state index in [1.807, 2.05) is 12.1 Å². The van der Waals surface area contributed by atoms with Crippen molar-refractivity contribution in [2.45, 2.75) is 0 Å². The Labute approximate surface area is 101 Å². The number of nitrogens with zero attached hydrogens (tertiary/aromatic N) is 1. The van der Waals surface area contributed by atoms with Crippen LogP contribution in [0.2, 0.25) is 0 Å². The predicted molar refractivity (Wildman–Crippen MR) is 65.0 cm³/mol. The van der Waals surface area contributed by atoms with Gasteiger partial charge in [-0.15, -0.1) is 0 Å². The van der Waals surface area contributed by atoms with Gasteiger partial charge < -0.3 is 10.6 Å². The zero-order valence-corrected chi connectivity index (χ0v) is 11.4. The van der Waals surface area contributed by atoms with Gasteiger partial charge in [0, 0.05) is 12.1 Å². The third-order valence-electron chi connectivity index (χ3n) is 1.78. The number of quaternary nitrogens is 1. The fraction of sp³-hybridized carbons (Fsp3) is 0.333. The average molecular weight is 327 g/mol. The number of benzene rings is 1. The highest BCUT2D eigenvalue weighted by molar-refractivity contribution is 9.11. The lowest BCUT2D eigenvalue weighted by atomic mass is 10.2. The molecule has 0 saturated heterocycles. The Morgan fingerprint density at radius 3 is 1.71 bits per heavy atom. The molecule has 0 atom stereocenters. The quantitative estimate of drug-likeness (QED) is 0.807. The van der Waals surface area contributed by atoms with Crippen LogP contribution in [0.15, 0.2) is 21.1 Å². The van der Waals surface area contributed by atoms with Crippen molar-refractivity contribution in [1.29, 1.82) is 0 Å². The first-order valence-corrected chi connectivity index (χ1v) is 5.41. The van der Waals surface area contributed by atoms with Crippen LogP contribution in [0.3, 0.4) is 0 Å². The Bertz CT molecular complexity index is 311. The second-order valence-electron chi connectivity index (χ2n) is 3.77. The number of rotatable bonds is 1. The minimum Gasteiger partial charge on any atom is -0.870 e. The molecule has 0 unspecified atom stereocenters. The molecular weight excluding hydrogens is 314 g/mol. The molecular formula is C9H13Br2NO2. The van der Waals surface area contributed by atoms with Gasteiger partial charge in [-0.2, -0.15) is 0 Å². The molecule has 0 spiro atoms. The minimum absolute atomic E-state index is 0. The van der Waals surface area contributed by atoms with Crippen molar-refractivity contribution in [3.8, 4) is 5.75 Å². The van der Waals surface area contributed by atoms with Crippen LogP contribution in [0.1, 0.15) is 0 Å². The predicted octanol–water partition coefficient (Wildman–Crippen LogP) is 2.94. The van der Waals surface area contributed by atoms with Gasteiger partial charge in [0.15, 0.2) is 0 Å². The van der Waals surface area contributed by atoms with E-state index in [4.69, 9.17) is 0 Å². The summed E-state index contributed by atoms with van der Waals surface area (Å²) in [6.45, 7) is 0. The van der Waals surface area contributed by atoms with E-state index in [0.717, 1.165) is 10.2 Å². The van der Waals surface area contributed by atoms with Gasteiger partial charge in [0.05, 0.1) is 30.1 Å². The van der Waals surface area contributed by atoms with Gasteiger partial charge in [0.1, 0.15) is 11.4 Å². The fourth-order valence-corrected chi connectivity index (χ4v) is 2.10.